The van der Waals surface area contributed by atoms with Gasteiger partial charge in [0.25, 0.3) is 0 Å². The number of rotatable bonds is 5. The van der Waals surface area contributed by atoms with E-state index in [9.17, 15) is 5.11 Å². The van der Waals surface area contributed by atoms with Crippen molar-refractivity contribution in [2.24, 2.45) is 0 Å². The second-order valence-electron chi connectivity index (χ2n) is 5.62. The van der Waals surface area contributed by atoms with Crippen LogP contribution in [0.1, 0.15) is 29.9 Å². The number of nitrogens with one attached hydrogen (secondary N) is 1. The van der Waals surface area contributed by atoms with Crippen molar-refractivity contribution in [1.29, 1.82) is 0 Å². The van der Waals surface area contributed by atoms with Crippen molar-refractivity contribution in [3.05, 3.63) is 59.7 Å². The molecule has 0 heterocycles. The highest BCUT2D eigenvalue weighted by atomic mass is 16.5. The van der Waals surface area contributed by atoms with Gasteiger partial charge >= 0.3 is 0 Å². The summed E-state index contributed by atoms with van der Waals surface area (Å²) in [7, 11) is 1.73. The highest BCUT2D eigenvalue weighted by Gasteiger charge is 2.31. The molecule has 0 bridgehead atoms. The molecule has 1 saturated carbocycles. The lowest BCUT2D eigenvalue weighted by Crippen LogP contribution is -2.39. The van der Waals surface area contributed by atoms with Gasteiger partial charge in [-0.1, -0.05) is 36.4 Å². The van der Waals surface area contributed by atoms with E-state index in [0.717, 1.165) is 30.7 Å². The van der Waals surface area contributed by atoms with E-state index in [4.69, 9.17) is 4.74 Å². The molecular weight excluding hydrogens is 262 g/mol. The lowest BCUT2D eigenvalue weighted by Gasteiger charge is -2.37. The largest absolute Gasteiger partial charge is 0.508 e. The number of hydrogen-bond donors (Lipinski definition) is 2. The van der Waals surface area contributed by atoms with Gasteiger partial charge in [0.2, 0.25) is 0 Å². The van der Waals surface area contributed by atoms with Crippen molar-refractivity contribution in [2.75, 3.05) is 7.11 Å². The van der Waals surface area contributed by atoms with E-state index in [0.29, 0.717) is 17.7 Å². The normalized spacial score (nSPS) is 20.8. The van der Waals surface area contributed by atoms with Crippen LogP contribution in [0.25, 0.3) is 0 Å². The zero-order valence-electron chi connectivity index (χ0n) is 12.3. The summed E-state index contributed by atoms with van der Waals surface area (Å²) in [4.78, 5) is 0. The predicted molar refractivity (Wildman–Crippen MR) is 83.7 cm³/mol. The number of ether oxygens (including phenoxy) is 1. The van der Waals surface area contributed by atoms with E-state index in [1.165, 1.54) is 5.56 Å². The molecule has 1 fully saturated rings. The molecule has 0 saturated heterocycles. The Kier molecular flexibility index (Phi) is 4.11. The van der Waals surface area contributed by atoms with E-state index in [2.05, 4.69) is 17.4 Å². The molecule has 3 nitrogen and oxygen atoms in total. The highest BCUT2D eigenvalue weighted by molar-refractivity contribution is 5.38. The first-order chi connectivity index (χ1) is 10.3. The summed E-state index contributed by atoms with van der Waals surface area (Å²) in [6.07, 6.45) is 2.24. The molecule has 1 aliphatic carbocycles. The smallest absolute Gasteiger partial charge is 0.122 e. The van der Waals surface area contributed by atoms with Gasteiger partial charge in [0.1, 0.15) is 11.5 Å². The van der Waals surface area contributed by atoms with E-state index in [1.54, 1.807) is 13.2 Å². The number of phenols is 1. The first-order valence-electron chi connectivity index (χ1n) is 7.41. The summed E-state index contributed by atoms with van der Waals surface area (Å²) in [5.41, 5.74) is 2.26. The lowest BCUT2D eigenvalue weighted by atomic mass is 9.75. The lowest BCUT2D eigenvalue weighted by molar-refractivity contribution is 0.281. The fourth-order valence-corrected chi connectivity index (χ4v) is 2.96. The minimum absolute atomic E-state index is 0.366. The van der Waals surface area contributed by atoms with Crippen LogP contribution in [0.2, 0.25) is 0 Å². The molecule has 2 aromatic carbocycles. The summed E-state index contributed by atoms with van der Waals surface area (Å²) in [5, 5.41) is 13.3. The van der Waals surface area contributed by atoms with Crippen molar-refractivity contribution in [2.45, 2.75) is 31.3 Å². The standard InChI is InChI=1S/C18H21NO2/c1-21-18-9-5-3-7-16(18)14-10-15(11-14)19-12-13-6-2-4-8-17(13)20/h2-9,14-15,19-20H,10-12H2,1H3. The molecule has 2 N–H and O–H groups in total. The fraction of sp³-hybridized carbons (Fsp3) is 0.333. The fourth-order valence-electron chi connectivity index (χ4n) is 2.96. The first-order valence-corrected chi connectivity index (χ1v) is 7.41. The average molecular weight is 283 g/mol. The van der Waals surface area contributed by atoms with Gasteiger partial charge in [0.05, 0.1) is 7.11 Å². The molecule has 0 aromatic heterocycles. The average Bonchev–Trinajstić information content (AvgIpc) is 2.48. The SMILES string of the molecule is COc1ccccc1C1CC(NCc2ccccc2O)C1. The molecule has 0 spiro atoms. The zero-order valence-corrected chi connectivity index (χ0v) is 12.3. The van der Waals surface area contributed by atoms with E-state index < -0.39 is 0 Å². The van der Waals surface area contributed by atoms with E-state index in [1.807, 2.05) is 30.3 Å². The van der Waals surface area contributed by atoms with Gasteiger partial charge in [-0.25, -0.2) is 0 Å². The number of methoxy groups -OCH3 is 1. The molecule has 21 heavy (non-hydrogen) atoms. The number of benzene rings is 2. The molecule has 110 valence electrons. The minimum atomic E-state index is 0.366. The van der Waals surface area contributed by atoms with Crippen LogP contribution >= 0.6 is 0 Å². The molecular formula is C18H21NO2. The van der Waals surface area contributed by atoms with Gasteiger partial charge in [0.15, 0.2) is 0 Å². The Balaban J connectivity index is 1.53. The zero-order chi connectivity index (χ0) is 14.7. The number of para-hydroxylation sites is 2. The topological polar surface area (TPSA) is 41.5 Å². The summed E-state index contributed by atoms with van der Waals surface area (Å²) >= 11 is 0. The van der Waals surface area contributed by atoms with Gasteiger partial charge in [-0.3, -0.25) is 0 Å². The maximum atomic E-state index is 9.76. The van der Waals surface area contributed by atoms with Crippen molar-refractivity contribution < 1.29 is 9.84 Å². The maximum Gasteiger partial charge on any atom is 0.122 e. The molecule has 0 radical (unpaired) electrons. The van der Waals surface area contributed by atoms with Crippen LogP contribution in [0.4, 0.5) is 0 Å². The van der Waals surface area contributed by atoms with Crippen LogP contribution in [0.3, 0.4) is 0 Å². The Morgan fingerprint density at radius 1 is 1.10 bits per heavy atom. The molecule has 0 atom stereocenters. The van der Waals surface area contributed by atoms with Crippen LogP contribution in [0.15, 0.2) is 48.5 Å². The Bertz CT molecular complexity index is 606. The maximum absolute atomic E-state index is 9.76. The molecule has 2 aromatic rings. The van der Waals surface area contributed by atoms with Gasteiger partial charge in [0, 0.05) is 18.2 Å². The Hall–Kier alpha value is -2.00. The minimum Gasteiger partial charge on any atom is -0.508 e. The van der Waals surface area contributed by atoms with Gasteiger partial charge < -0.3 is 15.2 Å². The molecule has 0 amide bonds. The highest BCUT2D eigenvalue weighted by Crippen LogP contribution is 2.41. The Morgan fingerprint density at radius 3 is 2.57 bits per heavy atom. The van der Waals surface area contributed by atoms with Crippen molar-refractivity contribution in [3.63, 3.8) is 0 Å². The van der Waals surface area contributed by atoms with Crippen LogP contribution < -0.4 is 10.1 Å². The third-order valence-electron chi connectivity index (χ3n) is 4.29. The molecule has 3 rings (SSSR count). The Labute approximate surface area is 125 Å². The van der Waals surface area contributed by atoms with Crippen molar-refractivity contribution in [3.8, 4) is 11.5 Å². The second kappa shape index (κ2) is 6.19. The third-order valence-corrected chi connectivity index (χ3v) is 4.29. The Morgan fingerprint density at radius 2 is 1.81 bits per heavy atom. The van der Waals surface area contributed by atoms with Crippen molar-refractivity contribution in [1.82, 2.24) is 5.32 Å². The number of phenolic OH excluding ortho intramolecular Hbond substituents is 1. The summed E-state index contributed by atoms with van der Waals surface area (Å²) in [6, 6.07) is 16.3. The number of aromatic hydroxyl groups is 1. The quantitative estimate of drug-likeness (QED) is 0.883. The second-order valence-corrected chi connectivity index (χ2v) is 5.62. The summed E-state index contributed by atoms with van der Waals surface area (Å²) in [6.45, 7) is 0.718. The first kappa shape index (κ1) is 14.0. The predicted octanol–water partition coefficient (Wildman–Crippen LogP) is 3.44. The van der Waals surface area contributed by atoms with E-state index >= 15 is 0 Å². The van der Waals surface area contributed by atoms with Gasteiger partial charge in [-0.05, 0) is 36.5 Å². The van der Waals surface area contributed by atoms with Crippen LogP contribution in [-0.2, 0) is 6.54 Å². The van der Waals surface area contributed by atoms with Gasteiger partial charge in [-0.15, -0.1) is 0 Å². The third kappa shape index (κ3) is 3.03. The summed E-state index contributed by atoms with van der Waals surface area (Å²) in [5.74, 6) is 1.93. The van der Waals surface area contributed by atoms with Crippen molar-refractivity contribution >= 4 is 0 Å². The van der Waals surface area contributed by atoms with Crippen LogP contribution in [0.5, 0.6) is 11.5 Å². The monoisotopic (exact) mass is 283 g/mol. The van der Waals surface area contributed by atoms with Crippen LogP contribution in [0, 0.1) is 0 Å². The van der Waals surface area contributed by atoms with Gasteiger partial charge in [-0.2, -0.15) is 0 Å². The molecule has 1 aliphatic rings. The van der Waals surface area contributed by atoms with E-state index in [-0.39, 0.29) is 0 Å². The summed E-state index contributed by atoms with van der Waals surface area (Å²) < 4.78 is 5.43. The number of hydrogen-bond acceptors (Lipinski definition) is 3. The van der Waals surface area contributed by atoms with Crippen LogP contribution in [-0.4, -0.2) is 18.3 Å². The molecule has 3 heteroatoms. The molecule has 0 aliphatic heterocycles. The molecule has 0 unspecified atom stereocenters.